The fraction of sp³-hybridized carbons (Fsp3) is 0.538. The van der Waals surface area contributed by atoms with Crippen molar-refractivity contribution in [1.29, 1.82) is 0 Å². The number of rotatable bonds is 9. The Morgan fingerprint density at radius 2 is 2.00 bits per heavy atom. The first-order valence-electron chi connectivity index (χ1n) is 5.88. The fourth-order valence-electron chi connectivity index (χ4n) is 1.38. The van der Waals surface area contributed by atoms with Crippen molar-refractivity contribution in [2.45, 2.75) is 12.5 Å². The summed E-state index contributed by atoms with van der Waals surface area (Å²) in [5, 5.41) is 12.8. The molecule has 1 aromatic carbocycles. The summed E-state index contributed by atoms with van der Waals surface area (Å²) in [6.07, 6.45) is 0.459. The molecule has 4 nitrogen and oxygen atoms in total. The predicted octanol–water partition coefficient (Wildman–Crippen LogP) is 1.47. The van der Waals surface area contributed by atoms with Gasteiger partial charge in [0.15, 0.2) is 0 Å². The molecule has 0 aromatic heterocycles. The Labute approximate surface area is 115 Å². The smallest absolute Gasteiger partial charge is 0.119 e. The quantitative estimate of drug-likeness (QED) is 0.670. The van der Waals surface area contributed by atoms with Crippen molar-refractivity contribution < 1.29 is 14.6 Å². The van der Waals surface area contributed by atoms with Crippen LogP contribution in [0.4, 0.5) is 0 Å². The monoisotopic (exact) mass is 275 g/mol. The Morgan fingerprint density at radius 3 is 2.67 bits per heavy atom. The van der Waals surface area contributed by atoms with Gasteiger partial charge in [0.1, 0.15) is 18.5 Å². The zero-order valence-electron chi connectivity index (χ0n) is 10.7. The molecule has 0 bridgehead atoms. The van der Waals surface area contributed by atoms with E-state index in [-0.39, 0.29) is 12.4 Å². The van der Waals surface area contributed by atoms with Gasteiger partial charge in [0.25, 0.3) is 0 Å². The van der Waals surface area contributed by atoms with Gasteiger partial charge in [0.2, 0.25) is 0 Å². The second kappa shape index (κ2) is 11.3. The first-order valence-corrected chi connectivity index (χ1v) is 5.88. The van der Waals surface area contributed by atoms with E-state index >= 15 is 0 Å². The molecule has 1 atom stereocenters. The molecule has 1 rings (SSSR count). The van der Waals surface area contributed by atoms with Gasteiger partial charge >= 0.3 is 0 Å². The standard InChI is InChI=1S/C13H21NO3.ClH/c1-16-9-5-8-14-10-12(15)11-17-13-6-3-2-4-7-13;/h2-4,6-7,12,14-15H,5,8-11H2,1H3;1H. The van der Waals surface area contributed by atoms with Crippen LogP contribution in [0.5, 0.6) is 5.75 Å². The second-order valence-corrected chi connectivity index (χ2v) is 3.83. The third-order valence-electron chi connectivity index (χ3n) is 2.27. The molecule has 104 valence electrons. The first kappa shape index (κ1) is 17.2. The maximum atomic E-state index is 9.65. The molecule has 0 saturated carbocycles. The van der Waals surface area contributed by atoms with Gasteiger partial charge in [-0.3, -0.25) is 0 Å². The topological polar surface area (TPSA) is 50.7 Å². The first-order chi connectivity index (χ1) is 8.33. The third-order valence-corrected chi connectivity index (χ3v) is 2.27. The number of benzene rings is 1. The van der Waals surface area contributed by atoms with Crippen LogP contribution in [0.3, 0.4) is 0 Å². The van der Waals surface area contributed by atoms with E-state index in [9.17, 15) is 5.11 Å². The van der Waals surface area contributed by atoms with Crippen molar-refractivity contribution in [2.75, 3.05) is 33.4 Å². The number of methoxy groups -OCH3 is 1. The minimum atomic E-state index is -0.488. The van der Waals surface area contributed by atoms with Crippen LogP contribution in [0.2, 0.25) is 0 Å². The summed E-state index contributed by atoms with van der Waals surface area (Å²) in [4.78, 5) is 0. The maximum absolute atomic E-state index is 9.65. The molecule has 1 unspecified atom stereocenters. The lowest BCUT2D eigenvalue weighted by Gasteiger charge is -2.13. The highest BCUT2D eigenvalue weighted by atomic mass is 35.5. The summed E-state index contributed by atoms with van der Waals surface area (Å²) in [5.74, 6) is 0.783. The molecule has 1 aromatic rings. The highest BCUT2D eigenvalue weighted by Gasteiger charge is 2.04. The van der Waals surface area contributed by atoms with Crippen LogP contribution in [0.1, 0.15) is 6.42 Å². The number of aliphatic hydroxyl groups is 1. The lowest BCUT2D eigenvalue weighted by molar-refractivity contribution is 0.105. The number of hydrogen-bond acceptors (Lipinski definition) is 4. The van der Waals surface area contributed by atoms with E-state index in [1.165, 1.54) is 0 Å². The van der Waals surface area contributed by atoms with Gasteiger partial charge in [-0.25, -0.2) is 0 Å². The molecule has 0 saturated heterocycles. The summed E-state index contributed by atoms with van der Waals surface area (Å²) in [7, 11) is 1.68. The van der Waals surface area contributed by atoms with E-state index in [2.05, 4.69) is 5.32 Å². The Bertz CT molecular complexity index is 285. The van der Waals surface area contributed by atoms with Crippen LogP contribution in [0, 0.1) is 0 Å². The fourth-order valence-corrected chi connectivity index (χ4v) is 1.38. The molecule has 0 radical (unpaired) electrons. The van der Waals surface area contributed by atoms with Crippen molar-refractivity contribution in [3.63, 3.8) is 0 Å². The van der Waals surface area contributed by atoms with E-state index in [1.54, 1.807) is 7.11 Å². The Kier molecular flexibility index (Phi) is 10.8. The van der Waals surface area contributed by atoms with Crippen LogP contribution in [0.15, 0.2) is 30.3 Å². The molecule has 0 amide bonds. The van der Waals surface area contributed by atoms with E-state index in [1.807, 2.05) is 30.3 Å². The summed E-state index contributed by atoms with van der Waals surface area (Å²) < 4.78 is 10.4. The van der Waals surface area contributed by atoms with Crippen LogP contribution in [-0.2, 0) is 4.74 Å². The number of halogens is 1. The normalized spacial score (nSPS) is 11.7. The van der Waals surface area contributed by atoms with Crippen LogP contribution in [0.25, 0.3) is 0 Å². The molecule has 0 aliphatic carbocycles. The average Bonchev–Trinajstić information content (AvgIpc) is 2.37. The molecule has 18 heavy (non-hydrogen) atoms. The number of ether oxygens (including phenoxy) is 2. The number of nitrogens with one attached hydrogen (secondary N) is 1. The van der Waals surface area contributed by atoms with Gasteiger partial charge in [-0.15, -0.1) is 12.4 Å². The molecule has 0 spiro atoms. The second-order valence-electron chi connectivity index (χ2n) is 3.83. The molecular weight excluding hydrogens is 254 g/mol. The number of hydrogen-bond donors (Lipinski definition) is 2. The summed E-state index contributed by atoms with van der Waals surface area (Å²) >= 11 is 0. The summed E-state index contributed by atoms with van der Waals surface area (Å²) in [6, 6.07) is 9.49. The molecular formula is C13H22ClNO3. The molecule has 0 heterocycles. The van der Waals surface area contributed by atoms with Crippen LogP contribution < -0.4 is 10.1 Å². The van der Waals surface area contributed by atoms with Crippen molar-refractivity contribution in [2.24, 2.45) is 0 Å². The highest BCUT2D eigenvalue weighted by molar-refractivity contribution is 5.85. The number of para-hydroxylation sites is 1. The summed E-state index contributed by atoms with van der Waals surface area (Å²) in [5.41, 5.74) is 0. The van der Waals surface area contributed by atoms with E-state index in [0.29, 0.717) is 13.2 Å². The van der Waals surface area contributed by atoms with Gasteiger partial charge < -0.3 is 19.9 Å². The average molecular weight is 276 g/mol. The predicted molar refractivity (Wildman–Crippen MR) is 74.6 cm³/mol. The zero-order chi connectivity index (χ0) is 12.3. The van der Waals surface area contributed by atoms with Gasteiger partial charge in [-0.2, -0.15) is 0 Å². The maximum Gasteiger partial charge on any atom is 0.119 e. The van der Waals surface area contributed by atoms with Crippen LogP contribution >= 0.6 is 12.4 Å². The Balaban J connectivity index is 0.00000289. The van der Waals surface area contributed by atoms with Crippen molar-refractivity contribution in [3.8, 4) is 5.75 Å². The minimum absolute atomic E-state index is 0. The minimum Gasteiger partial charge on any atom is -0.491 e. The molecule has 5 heteroatoms. The summed E-state index contributed by atoms with van der Waals surface area (Å²) in [6.45, 7) is 2.43. The van der Waals surface area contributed by atoms with E-state index in [4.69, 9.17) is 9.47 Å². The van der Waals surface area contributed by atoms with Gasteiger partial charge in [0, 0.05) is 20.3 Å². The van der Waals surface area contributed by atoms with Gasteiger partial charge in [-0.1, -0.05) is 18.2 Å². The molecule has 0 aliphatic rings. The molecule has 2 N–H and O–H groups in total. The van der Waals surface area contributed by atoms with Crippen molar-refractivity contribution >= 4 is 12.4 Å². The largest absolute Gasteiger partial charge is 0.491 e. The lowest BCUT2D eigenvalue weighted by Crippen LogP contribution is -2.32. The van der Waals surface area contributed by atoms with Gasteiger partial charge in [0.05, 0.1) is 0 Å². The number of aliphatic hydroxyl groups excluding tert-OH is 1. The molecule has 0 aliphatic heterocycles. The van der Waals surface area contributed by atoms with Gasteiger partial charge in [-0.05, 0) is 25.1 Å². The van der Waals surface area contributed by atoms with Crippen LogP contribution in [-0.4, -0.2) is 44.6 Å². The third kappa shape index (κ3) is 8.31. The lowest BCUT2D eigenvalue weighted by atomic mass is 10.3. The van der Waals surface area contributed by atoms with E-state index in [0.717, 1.165) is 25.3 Å². The highest BCUT2D eigenvalue weighted by Crippen LogP contribution is 2.08. The zero-order valence-corrected chi connectivity index (χ0v) is 11.5. The van der Waals surface area contributed by atoms with Crippen molar-refractivity contribution in [1.82, 2.24) is 5.32 Å². The Hall–Kier alpha value is -0.810. The van der Waals surface area contributed by atoms with E-state index < -0.39 is 6.10 Å². The van der Waals surface area contributed by atoms with Crippen molar-refractivity contribution in [3.05, 3.63) is 30.3 Å². The Morgan fingerprint density at radius 1 is 1.28 bits per heavy atom. The molecule has 0 fully saturated rings. The SMILES string of the molecule is COCCCNCC(O)COc1ccccc1.Cl.